The van der Waals surface area contributed by atoms with Gasteiger partial charge in [-0.3, -0.25) is 4.79 Å². The zero-order valence-electron chi connectivity index (χ0n) is 17.4. The van der Waals surface area contributed by atoms with E-state index in [9.17, 15) is 30.8 Å². The maximum atomic E-state index is 14.4. The molecule has 1 amide bonds. The number of sulfonamides is 1. The number of carbonyl (C=O) groups excluding carboxylic acids is 1. The maximum absolute atomic E-state index is 14.4. The summed E-state index contributed by atoms with van der Waals surface area (Å²) in [6, 6.07) is 11.4. The van der Waals surface area contributed by atoms with Crippen LogP contribution >= 0.6 is 34.8 Å². The van der Waals surface area contributed by atoms with Gasteiger partial charge in [-0.1, -0.05) is 40.9 Å². The van der Waals surface area contributed by atoms with Crippen molar-refractivity contribution < 1.29 is 30.8 Å². The molecule has 0 bridgehead atoms. The summed E-state index contributed by atoms with van der Waals surface area (Å²) in [6.45, 7) is -1.49. The predicted octanol–water partition coefficient (Wildman–Crippen LogP) is 6.63. The van der Waals surface area contributed by atoms with Gasteiger partial charge in [0.05, 0.1) is 22.0 Å². The molecule has 0 aliphatic heterocycles. The van der Waals surface area contributed by atoms with Crippen LogP contribution in [0.15, 0.2) is 65.6 Å². The topological polar surface area (TPSA) is 66.5 Å². The summed E-state index contributed by atoms with van der Waals surface area (Å²) in [5.41, 5.74) is -1.63. The molecule has 0 aliphatic carbocycles. The van der Waals surface area contributed by atoms with Crippen LogP contribution in [0.2, 0.25) is 15.1 Å². The fourth-order valence-corrected chi connectivity index (χ4v) is 4.96. The highest BCUT2D eigenvalue weighted by molar-refractivity contribution is 7.89. The largest absolute Gasteiger partial charge is 0.417 e. The zero-order valence-corrected chi connectivity index (χ0v) is 20.5. The molecular weight excluding hydrogens is 555 g/mol. The predicted molar refractivity (Wildman–Crippen MR) is 126 cm³/mol. The molecule has 0 fully saturated rings. The third kappa shape index (κ3) is 6.65. The Kier molecular flexibility index (Phi) is 8.33. The van der Waals surface area contributed by atoms with Crippen molar-refractivity contribution in [3.05, 3.63) is 92.7 Å². The van der Waals surface area contributed by atoms with E-state index < -0.39 is 51.6 Å². The first-order valence-electron chi connectivity index (χ1n) is 9.64. The average Bonchev–Trinajstić information content (AvgIpc) is 2.76. The van der Waals surface area contributed by atoms with Gasteiger partial charge in [0.2, 0.25) is 15.9 Å². The van der Waals surface area contributed by atoms with Crippen LogP contribution in [0.25, 0.3) is 0 Å². The van der Waals surface area contributed by atoms with E-state index in [1.165, 1.54) is 36.4 Å². The Morgan fingerprint density at radius 1 is 0.943 bits per heavy atom. The third-order valence-corrected chi connectivity index (χ3v) is 7.46. The smallest absolute Gasteiger partial charge is 0.325 e. The first kappa shape index (κ1) is 27.2. The summed E-state index contributed by atoms with van der Waals surface area (Å²) >= 11 is 17.4. The Morgan fingerprint density at radius 3 is 2.20 bits per heavy atom. The first-order valence-corrected chi connectivity index (χ1v) is 12.2. The number of nitrogens with zero attached hydrogens (tertiary/aromatic N) is 1. The van der Waals surface area contributed by atoms with Gasteiger partial charge in [0, 0.05) is 27.8 Å². The summed E-state index contributed by atoms with van der Waals surface area (Å²) in [5, 5.41) is 1.82. The fraction of sp³-hybridized carbons (Fsp3) is 0.136. The molecule has 0 aliphatic rings. The summed E-state index contributed by atoms with van der Waals surface area (Å²) in [7, 11) is -4.39. The molecule has 0 saturated heterocycles. The maximum Gasteiger partial charge on any atom is 0.417 e. The van der Waals surface area contributed by atoms with Crippen molar-refractivity contribution in [2.24, 2.45) is 0 Å². The molecule has 3 aromatic carbocycles. The van der Waals surface area contributed by atoms with E-state index in [4.69, 9.17) is 34.8 Å². The quantitative estimate of drug-likeness (QED) is 0.325. The molecule has 0 unspecified atom stereocenters. The molecule has 1 N–H and O–H groups in total. The fourth-order valence-electron chi connectivity index (χ4n) is 3.02. The molecule has 3 rings (SSSR count). The SMILES string of the molecule is O=C(CN(Cc1c(F)cccc1Cl)S(=O)(=O)c1ccc(Cl)cc1)Nc1ccc(Cl)c(C(F)(F)F)c1. The van der Waals surface area contributed by atoms with E-state index in [0.29, 0.717) is 10.4 Å². The third-order valence-electron chi connectivity index (χ3n) is 4.72. The number of nitrogens with one attached hydrogen (secondary N) is 1. The van der Waals surface area contributed by atoms with Gasteiger partial charge in [-0.25, -0.2) is 12.8 Å². The minimum absolute atomic E-state index is 0.0748. The minimum atomic E-state index is -4.77. The highest BCUT2D eigenvalue weighted by Crippen LogP contribution is 2.36. The van der Waals surface area contributed by atoms with Crippen LogP contribution in [0, 0.1) is 5.82 Å². The highest BCUT2D eigenvalue weighted by atomic mass is 35.5. The summed E-state index contributed by atoms with van der Waals surface area (Å²) in [5.74, 6) is -1.79. The number of rotatable bonds is 7. The molecule has 0 aromatic heterocycles. The lowest BCUT2D eigenvalue weighted by Gasteiger charge is -2.23. The van der Waals surface area contributed by atoms with Crippen LogP contribution in [0.5, 0.6) is 0 Å². The monoisotopic (exact) mass is 568 g/mol. The number of anilines is 1. The van der Waals surface area contributed by atoms with E-state index in [1.54, 1.807) is 0 Å². The number of halogens is 7. The highest BCUT2D eigenvalue weighted by Gasteiger charge is 2.34. The van der Waals surface area contributed by atoms with Crippen molar-refractivity contribution in [1.82, 2.24) is 4.31 Å². The molecule has 186 valence electrons. The van der Waals surface area contributed by atoms with Crippen LogP contribution in [0.3, 0.4) is 0 Å². The molecule has 13 heteroatoms. The van der Waals surface area contributed by atoms with Crippen LogP contribution in [0.1, 0.15) is 11.1 Å². The van der Waals surface area contributed by atoms with Crippen molar-refractivity contribution in [3.63, 3.8) is 0 Å². The zero-order chi connectivity index (χ0) is 26.0. The molecule has 3 aromatic rings. The van der Waals surface area contributed by atoms with Crippen molar-refractivity contribution in [3.8, 4) is 0 Å². The van der Waals surface area contributed by atoms with Crippen molar-refractivity contribution >= 4 is 56.4 Å². The number of carbonyl (C=O) groups is 1. The average molecular weight is 570 g/mol. The van der Waals surface area contributed by atoms with Crippen molar-refractivity contribution in [2.45, 2.75) is 17.6 Å². The second-order valence-electron chi connectivity index (χ2n) is 7.17. The standard InChI is InChI=1S/C22H15Cl3F4N2O3S/c23-13-4-7-15(8-5-13)35(33,34)31(11-16-18(24)2-1-3-20(16)26)12-21(32)30-14-6-9-19(25)17(10-14)22(27,28)29/h1-10H,11-12H2,(H,30,32). The van der Waals surface area contributed by atoms with Crippen LogP contribution in [-0.4, -0.2) is 25.2 Å². The van der Waals surface area contributed by atoms with E-state index in [-0.39, 0.29) is 26.2 Å². The number of alkyl halides is 3. The summed E-state index contributed by atoms with van der Waals surface area (Å²) in [6.07, 6.45) is -4.77. The number of benzene rings is 3. The van der Waals surface area contributed by atoms with Gasteiger partial charge in [0.15, 0.2) is 0 Å². The Bertz CT molecular complexity index is 1330. The lowest BCUT2D eigenvalue weighted by molar-refractivity contribution is -0.137. The molecule has 5 nitrogen and oxygen atoms in total. The lowest BCUT2D eigenvalue weighted by Crippen LogP contribution is -2.38. The van der Waals surface area contributed by atoms with Crippen LogP contribution < -0.4 is 5.32 Å². The molecular formula is C22H15Cl3F4N2O3S. The van der Waals surface area contributed by atoms with Gasteiger partial charge in [-0.05, 0) is 54.6 Å². The second kappa shape index (κ2) is 10.7. The molecule has 0 atom stereocenters. The van der Waals surface area contributed by atoms with Gasteiger partial charge in [0.1, 0.15) is 5.82 Å². The van der Waals surface area contributed by atoms with E-state index in [1.807, 2.05) is 0 Å². The molecule has 0 radical (unpaired) electrons. The Balaban J connectivity index is 1.94. The van der Waals surface area contributed by atoms with E-state index in [2.05, 4.69) is 5.32 Å². The van der Waals surface area contributed by atoms with E-state index in [0.717, 1.165) is 18.2 Å². The molecule has 0 heterocycles. The number of hydrogen-bond donors (Lipinski definition) is 1. The Labute approximate surface area is 213 Å². The first-order chi connectivity index (χ1) is 16.3. The van der Waals surface area contributed by atoms with Crippen LogP contribution in [-0.2, 0) is 27.5 Å². The number of amides is 1. The summed E-state index contributed by atoms with van der Waals surface area (Å²) < 4.78 is 80.9. The Hall–Kier alpha value is -2.37. The van der Waals surface area contributed by atoms with Gasteiger partial charge in [-0.2, -0.15) is 17.5 Å². The summed E-state index contributed by atoms with van der Waals surface area (Å²) in [4.78, 5) is 12.4. The lowest BCUT2D eigenvalue weighted by atomic mass is 10.2. The second-order valence-corrected chi connectivity index (χ2v) is 10.4. The minimum Gasteiger partial charge on any atom is -0.325 e. The Morgan fingerprint density at radius 2 is 1.60 bits per heavy atom. The molecule has 35 heavy (non-hydrogen) atoms. The van der Waals surface area contributed by atoms with Crippen molar-refractivity contribution in [1.29, 1.82) is 0 Å². The van der Waals surface area contributed by atoms with Gasteiger partial charge >= 0.3 is 6.18 Å². The van der Waals surface area contributed by atoms with Gasteiger partial charge in [-0.15, -0.1) is 0 Å². The number of hydrogen-bond acceptors (Lipinski definition) is 3. The normalized spacial score (nSPS) is 12.1. The molecule has 0 spiro atoms. The van der Waals surface area contributed by atoms with Gasteiger partial charge in [0.25, 0.3) is 0 Å². The van der Waals surface area contributed by atoms with Crippen molar-refractivity contribution in [2.75, 3.05) is 11.9 Å². The van der Waals surface area contributed by atoms with Crippen LogP contribution in [0.4, 0.5) is 23.2 Å². The van der Waals surface area contributed by atoms with E-state index >= 15 is 0 Å². The molecule has 0 saturated carbocycles. The van der Waals surface area contributed by atoms with Gasteiger partial charge < -0.3 is 5.32 Å².